The van der Waals surface area contributed by atoms with Crippen LogP contribution < -0.4 is 0 Å². The van der Waals surface area contributed by atoms with Crippen molar-refractivity contribution in [2.75, 3.05) is 13.2 Å². The van der Waals surface area contributed by atoms with E-state index in [9.17, 15) is 9.90 Å². The summed E-state index contributed by atoms with van der Waals surface area (Å²) in [5.74, 6) is -0.163. The second-order valence-electron chi connectivity index (χ2n) is 6.77. The van der Waals surface area contributed by atoms with Crippen molar-refractivity contribution in [1.29, 1.82) is 0 Å². The lowest BCUT2D eigenvalue weighted by molar-refractivity contribution is 0.0689. The molecule has 1 aliphatic heterocycles. The molecule has 0 saturated carbocycles. The van der Waals surface area contributed by atoms with Gasteiger partial charge in [-0.25, -0.2) is 0 Å². The van der Waals surface area contributed by atoms with E-state index in [2.05, 4.69) is 15.3 Å². The van der Waals surface area contributed by atoms with E-state index < -0.39 is 0 Å². The molecule has 0 spiro atoms. The van der Waals surface area contributed by atoms with Crippen LogP contribution in [0, 0.1) is 12.8 Å². The molecule has 3 heterocycles. The number of hydrogen-bond acceptors (Lipinski definition) is 4. The van der Waals surface area contributed by atoms with E-state index in [1.54, 1.807) is 17.2 Å². The molecule has 2 N–H and O–H groups in total. The maximum absolute atomic E-state index is 13.0. The number of nitrogens with one attached hydrogen (secondary N) is 1. The molecular formula is C19H21N5O2. The molecule has 3 aromatic rings. The van der Waals surface area contributed by atoms with Crippen molar-refractivity contribution in [3.05, 3.63) is 59.5 Å². The molecule has 0 bridgehead atoms. The number of rotatable bonds is 3. The Bertz CT molecular complexity index is 912. The average molecular weight is 351 g/mol. The molecule has 7 heteroatoms. The third-order valence-corrected chi connectivity index (χ3v) is 4.77. The van der Waals surface area contributed by atoms with Gasteiger partial charge in [0.2, 0.25) is 0 Å². The summed E-state index contributed by atoms with van der Waals surface area (Å²) < 4.78 is 1.86. The molecule has 0 aliphatic carbocycles. The van der Waals surface area contributed by atoms with Crippen LogP contribution in [-0.2, 0) is 13.1 Å². The number of benzene rings is 1. The van der Waals surface area contributed by atoms with Crippen molar-refractivity contribution in [3.8, 4) is 11.3 Å². The Labute approximate surface area is 151 Å². The Morgan fingerprint density at radius 2 is 2.08 bits per heavy atom. The molecule has 1 unspecified atom stereocenters. The summed E-state index contributed by atoms with van der Waals surface area (Å²) in [6, 6.07) is 11.7. The first-order chi connectivity index (χ1) is 12.6. The normalized spacial score (nSPS) is 17.0. The van der Waals surface area contributed by atoms with Crippen molar-refractivity contribution >= 4 is 5.91 Å². The number of aromatic amines is 1. The van der Waals surface area contributed by atoms with Gasteiger partial charge in [-0.3, -0.25) is 14.6 Å². The quantitative estimate of drug-likeness (QED) is 0.754. The number of hydrogen-bond donors (Lipinski definition) is 2. The summed E-state index contributed by atoms with van der Waals surface area (Å²) in [5, 5.41) is 21.1. The van der Waals surface area contributed by atoms with Crippen molar-refractivity contribution in [1.82, 2.24) is 24.9 Å². The number of fused-ring (bicyclic) bond motifs is 1. The zero-order chi connectivity index (χ0) is 18.1. The van der Waals surface area contributed by atoms with E-state index in [0.717, 1.165) is 17.0 Å². The first-order valence-electron chi connectivity index (χ1n) is 8.67. The topological polar surface area (TPSA) is 87.0 Å². The van der Waals surface area contributed by atoms with E-state index in [0.29, 0.717) is 25.3 Å². The average Bonchev–Trinajstić information content (AvgIpc) is 3.27. The Hall–Kier alpha value is -2.93. The molecule has 0 radical (unpaired) electrons. The van der Waals surface area contributed by atoms with Gasteiger partial charge in [0.15, 0.2) is 0 Å². The number of H-pyrrole nitrogens is 1. The lowest BCUT2D eigenvalue weighted by Crippen LogP contribution is -2.35. The first kappa shape index (κ1) is 16.5. The predicted octanol–water partition coefficient (Wildman–Crippen LogP) is 1.85. The standard InChI is InChI=1S/C19H21N5O2/c1-13-2-4-15(5-3-13)17-8-18(22-21-17)19(26)23-9-14(12-25)10-24-16(11-23)6-7-20-24/h2-8,14,25H,9-12H2,1H3,(H,21,22). The van der Waals surface area contributed by atoms with Crippen molar-refractivity contribution < 1.29 is 9.90 Å². The molecule has 2 aromatic heterocycles. The van der Waals surface area contributed by atoms with Gasteiger partial charge in [0.05, 0.1) is 17.9 Å². The summed E-state index contributed by atoms with van der Waals surface area (Å²) >= 11 is 0. The minimum atomic E-state index is -0.121. The summed E-state index contributed by atoms with van der Waals surface area (Å²) in [5.41, 5.74) is 4.30. The smallest absolute Gasteiger partial charge is 0.272 e. The van der Waals surface area contributed by atoms with Crippen molar-refractivity contribution in [2.24, 2.45) is 5.92 Å². The highest BCUT2D eigenvalue weighted by Gasteiger charge is 2.27. The van der Waals surface area contributed by atoms with E-state index >= 15 is 0 Å². The van der Waals surface area contributed by atoms with Crippen LogP contribution in [0.3, 0.4) is 0 Å². The molecule has 134 valence electrons. The van der Waals surface area contributed by atoms with E-state index in [1.165, 1.54) is 5.56 Å². The largest absolute Gasteiger partial charge is 0.396 e. The first-order valence-corrected chi connectivity index (χ1v) is 8.67. The van der Waals surface area contributed by atoms with Gasteiger partial charge in [-0.15, -0.1) is 0 Å². The molecule has 1 amide bonds. The van der Waals surface area contributed by atoms with Crippen LogP contribution in [0.5, 0.6) is 0 Å². The lowest BCUT2D eigenvalue weighted by atomic mass is 10.1. The lowest BCUT2D eigenvalue weighted by Gasteiger charge is -2.22. The van der Waals surface area contributed by atoms with E-state index in [4.69, 9.17) is 0 Å². The molecule has 26 heavy (non-hydrogen) atoms. The maximum atomic E-state index is 13.0. The zero-order valence-corrected chi connectivity index (χ0v) is 14.6. The molecular weight excluding hydrogens is 330 g/mol. The Morgan fingerprint density at radius 1 is 1.27 bits per heavy atom. The molecule has 1 aromatic carbocycles. The minimum absolute atomic E-state index is 0.0146. The Morgan fingerprint density at radius 3 is 2.85 bits per heavy atom. The fraction of sp³-hybridized carbons (Fsp3) is 0.316. The number of aryl methyl sites for hydroxylation is 1. The highest BCUT2D eigenvalue weighted by Crippen LogP contribution is 2.21. The molecule has 7 nitrogen and oxygen atoms in total. The molecule has 0 saturated heterocycles. The molecule has 0 fully saturated rings. The summed E-state index contributed by atoms with van der Waals surface area (Å²) in [7, 11) is 0. The number of aromatic nitrogens is 4. The van der Waals surface area contributed by atoms with Crippen LogP contribution in [0.25, 0.3) is 11.3 Å². The molecule has 1 aliphatic rings. The third kappa shape index (κ3) is 3.13. The second kappa shape index (κ2) is 6.76. The van der Waals surface area contributed by atoms with E-state index in [-0.39, 0.29) is 18.4 Å². The SMILES string of the molecule is Cc1ccc(-c2cc(C(=O)N3Cc4ccnn4CC(CO)C3)[nH]n2)cc1. The van der Waals surface area contributed by atoms with Crippen LogP contribution >= 0.6 is 0 Å². The number of nitrogens with zero attached hydrogens (tertiary/aromatic N) is 4. The van der Waals surface area contributed by atoms with Gasteiger partial charge in [0.1, 0.15) is 5.69 Å². The fourth-order valence-electron chi connectivity index (χ4n) is 3.28. The van der Waals surface area contributed by atoms with Gasteiger partial charge < -0.3 is 10.0 Å². The van der Waals surface area contributed by atoms with Crippen LogP contribution in [0.4, 0.5) is 0 Å². The maximum Gasteiger partial charge on any atom is 0.272 e. The number of carbonyl (C=O) groups excluding carboxylic acids is 1. The van der Waals surface area contributed by atoms with Crippen molar-refractivity contribution in [3.63, 3.8) is 0 Å². The summed E-state index contributed by atoms with van der Waals surface area (Å²) in [6.07, 6.45) is 1.73. The van der Waals surface area contributed by atoms with Crippen molar-refractivity contribution in [2.45, 2.75) is 20.0 Å². The minimum Gasteiger partial charge on any atom is -0.396 e. The van der Waals surface area contributed by atoms with Gasteiger partial charge in [-0.2, -0.15) is 10.2 Å². The predicted molar refractivity (Wildman–Crippen MR) is 96.3 cm³/mol. The summed E-state index contributed by atoms with van der Waals surface area (Å²) in [6.45, 7) is 3.61. The van der Waals surface area contributed by atoms with Gasteiger partial charge in [-0.05, 0) is 19.1 Å². The van der Waals surface area contributed by atoms with Gasteiger partial charge in [0, 0.05) is 37.4 Å². The van der Waals surface area contributed by atoms with E-state index in [1.807, 2.05) is 41.9 Å². The number of aliphatic hydroxyl groups is 1. The van der Waals surface area contributed by atoms with Crippen LogP contribution in [0.1, 0.15) is 21.7 Å². The second-order valence-corrected chi connectivity index (χ2v) is 6.77. The van der Waals surface area contributed by atoms with Gasteiger partial charge in [-0.1, -0.05) is 29.8 Å². The molecule has 1 atom stereocenters. The summed E-state index contributed by atoms with van der Waals surface area (Å²) in [4.78, 5) is 14.7. The van der Waals surface area contributed by atoms with Gasteiger partial charge >= 0.3 is 0 Å². The van der Waals surface area contributed by atoms with Gasteiger partial charge in [0.25, 0.3) is 5.91 Å². The number of aliphatic hydroxyl groups excluding tert-OH is 1. The van der Waals surface area contributed by atoms with Crippen LogP contribution in [-0.4, -0.2) is 49.0 Å². The number of carbonyl (C=O) groups is 1. The monoisotopic (exact) mass is 351 g/mol. The highest BCUT2D eigenvalue weighted by atomic mass is 16.3. The molecule has 4 rings (SSSR count). The number of amides is 1. The van der Waals surface area contributed by atoms with Crippen LogP contribution in [0.15, 0.2) is 42.6 Å². The zero-order valence-electron chi connectivity index (χ0n) is 14.6. The highest BCUT2D eigenvalue weighted by molar-refractivity contribution is 5.93. The fourth-order valence-corrected chi connectivity index (χ4v) is 3.28. The Kier molecular flexibility index (Phi) is 4.30. The van der Waals surface area contributed by atoms with Crippen LogP contribution in [0.2, 0.25) is 0 Å². The Balaban J connectivity index is 1.58. The third-order valence-electron chi connectivity index (χ3n) is 4.77.